The maximum absolute atomic E-state index is 10.4. The second-order valence-corrected chi connectivity index (χ2v) is 2.23. The third kappa shape index (κ3) is 4.20. The summed E-state index contributed by atoms with van der Waals surface area (Å²) in [4.78, 5) is 20.7. The molecule has 0 aromatic carbocycles. The van der Waals surface area contributed by atoms with Crippen LogP contribution in [0.15, 0.2) is 0 Å². The molecule has 0 bridgehead atoms. The van der Waals surface area contributed by atoms with E-state index >= 15 is 0 Å². The van der Waals surface area contributed by atoms with Crippen molar-refractivity contribution in [1.82, 2.24) is 0 Å². The van der Waals surface area contributed by atoms with Crippen LogP contribution in [0.5, 0.6) is 0 Å². The van der Waals surface area contributed by atoms with E-state index in [4.69, 9.17) is 0 Å². The number of carbonyl (C=O) groups is 2. The second kappa shape index (κ2) is 5.10. The Morgan fingerprint density at radius 1 is 1.30 bits per heavy atom. The summed E-state index contributed by atoms with van der Waals surface area (Å²) in [6.07, 6.45) is 0. The number of rotatable bonds is 2. The smallest absolute Gasteiger partial charge is 0.367 e. The van der Waals surface area contributed by atoms with Crippen LogP contribution in [0, 0.1) is 0 Å². The van der Waals surface area contributed by atoms with Crippen molar-refractivity contribution in [1.29, 1.82) is 0 Å². The molecule has 0 heterocycles. The van der Waals surface area contributed by atoms with Gasteiger partial charge in [0.2, 0.25) is 0 Å². The Morgan fingerprint density at radius 3 is 2.30 bits per heavy atom. The molecule has 0 amide bonds. The van der Waals surface area contributed by atoms with Crippen LogP contribution in [0.2, 0.25) is 0 Å². The van der Waals surface area contributed by atoms with Crippen LogP contribution in [-0.4, -0.2) is 31.2 Å². The van der Waals surface area contributed by atoms with E-state index < -0.39 is 11.3 Å². The molecular formula is C5H8O4S. The molecule has 10 heavy (non-hydrogen) atoms. The minimum atomic E-state index is -0.481. The first kappa shape index (κ1) is 9.29. The quantitative estimate of drug-likeness (QED) is 0.561. The fourth-order valence-electron chi connectivity index (χ4n) is 0.236. The predicted octanol–water partition coefficient (Wildman–Crippen LogP) is 0.659. The predicted molar refractivity (Wildman–Crippen MR) is 36.9 cm³/mol. The Labute approximate surface area is 62.9 Å². The lowest BCUT2D eigenvalue weighted by atomic mass is 10.8. The number of hydrogen-bond acceptors (Lipinski definition) is 5. The molecule has 0 aromatic heterocycles. The molecule has 0 aliphatic heterocycles. The molecule has 5 heteroatoms. The first-order valence-corrected chi connectivity index (χ1v) is 3.46. The summed E-state index contributed by atoms with van der Waals surface area (Å²) in [5, 5.41) is -0.481. The van der Waals surface area contributed by atoms with Crippen molar-refractivity contribution in [3.8, 4) is 0 Å². The van der Waals surface area contributed by atoms with Crippen LogP contribution >= 0.6 is 11.8 Å². The fraction of sp³-hybridized carbons (Fsp3) is 0.600. The maximum Gasteiger partial charge on any atom is 0.367 e. The van der Waals surface area contributed by atoms with E-state index in [0.29, 0.717) is 0 Å². The minimum absolute atomic E-state index is 0.00315. The van der Waals surface area contributed by atoms with Gasteiger partial charge in [-0.1, -0.05) is 0 Å². The molecule has 0 saturated heterocycles. The molecule has 0 fully saturated rings. The van der Waals surface area contributed by atoms with Gasteiger partial charge in [0.1, 0.15) is 5.75 Å². The lowest BCUT2D eigenvalue weighted by Crippen LogP contribution is -2.05. The van der Waals surface area contributed by atoms with Gasteiger partial charge in [-0.15, -0.1) is 0 Å². The van der Waals surface area contributed by atoms with E-state index in [9.17, 15) is 9.59 Å². The van der Waals surface area contributed by atoms with Crippen LogP contribution in [0.3, 0.4) is 0 Å². The molecule has 0 N–H and O–H groups in total. The molecule has 0 aliphatic rings. The topological polar surface area (TPSA) is 52.6 Å². The van der Waals surface area contributed by atoms with Gasteiger partial charge in [-0.25, -0.2) is 4.79 Å². The van der Waals surface area contributed by atoms with Crippen molar-refractivity contribution in [2.75, 3.05) is 20.0 Å². The highest BCUT2D eigenvalue weighted by Gasteiger charge is 2.05. The van der Waals surface area contributed by atoms with Crippen LogP contribution in [-0.2, 0) is 14.3 Å². The lowest BCUT2D eigenvalue weighted by Gasteiger charge is -1.96. The lowest BCUT2D eigenvalue weighted by molar-refractivity contribution is -0.137. The summed E-state index contributed by atoms with van der Waals surface area (Å²) >= 11 is 0.773. The van der Waals surface area contributed by atoms with Crippen LogP contribution in [0.25, 0.3) is 0 Å². The largest absolute Gasteiger partial charge is 0.468 e. The van der Waals surface area contributed by atoms with Gasteiger partial charge in [-0.3, -0.25) is 4.79 Å². The summed E-state index contributed by atoms with van der Waals surface area (Å²) in [5.74, 6) is -0.432. The highest BCUT2D eigenvalue weighted by molar-refractivity contribution is 8.13. The summed E-state index contributed by atoms with van der Waals surface area (Å²) in [7, 11) is 2.52. The maximum atomic E-state index is 10.4. The van der Waals surface area contributed by atoms with Gasteiger partial charge >= 0.3 is 11.3 Å². The fourth-order valence-corrected chi connectivity index (χ4v) is 0.707. The van der Waals surface area contributed by atoms with Crippen molar-refractivity contribution in [3.05, 3.63) is 0 Å². The molecule has 0 radical (unpaired) electrons. The molecule has 4 nitrogen and oxygen atoms in total. The van der Waals surface area contributed by atoms with Crippen molar-refractivity contribution in [2.24, 2.45) is 0 Å². The van der Waals surface area contributed by atoms with E-state index in [1.807, 2.05) is 0 Å². The molecule has 0 aliphatic carbocycles. The van der Waals surface area contributed by atoms with E-state index in [2.05, 4.69) is 9.47 Å². The molecule has 0 rings (SSSR count). The van der Waals surface area contributed by atoms with Gasteiger partial charge in [-0.2, -0.15) is 0 Å². The summed E-state index contributed by atoms with van der Waals surface area (Å²) < 4.78 is 8.54. The normalized spacial score (nSPS) is 8.60. The zero-order valence-electron chi connectivity index (χ0n) is 5.75. The Morgan fingerprint density at radius 2 is 1.90 bits per heavy atom. The Balaban J connectivity index is 3.35. The third-order valence-electron chi connectivity index (χ3n) is 0.702. The standard InChI is InChI=1S/C5H8O4S/c1-8-4(6)3-10-5(7)9-2/h3H2,1-2H3. The summed E-state index contributed by atoms with van der Waals surface area (Å²) in [6.45, 7) is 0. The van der Waals surface area contributed by atoms with Crippen molar-refractivity contribution in [2.45, 2.75) is 0 Å². The van der Waals surface area contributed by atoms with Crippen molar-refractivity contribution in [3.63, 3.8) is 0 Å². The average Bonchev–Trinajstić information content (AvgIpc) is 1.99. The zero-order valence-corrected chi connectivity index (χ0v) is 6.56. The van der Waals surface area contributed by atoms with Crippen LogP contribution in [0.4, 0.5) is 4.79 Å². The zero-order chi connectivity index (χ0) is 7.98. The van der Waals surface area contributed by atoms with Gasteiger partial charge in [0.25, 0.3) is 0 Å². The molecule has 0 atom stereocenters. The van der Waals surface area contributed by atoms with Gasteiger partial charge in [0, 0.05) is 0 Å². The first-order valence-electron chi connectivity index (χ1n) is 2.48. The molecule has 0 saturated carbocycles. The molecule has 0 spiro atoms. The van der Waals surface area contributed by atoms with Crippen molar-refractivity contribution < 1.29 is 19.1 Å². The van der Waals surface area contributed by atoms with E-state index in [1.165, 1.54) is 14.2 Å². The van der Waals surface area contributed by atoms with Gasteiger partial charge in [0.15, 0.2) is 0 Å². The Kier molecular flexibility index (Phi) is 4.74. The number of esters is 1. The Hall–Kier alpha value is -0.710. The minimum Gasteiger partial charge on any atom is -0.468 e. The highest BCUT2D eigenvalue weighted by Crippen LogP contribution is 2.03. The SMILES string of the molecule is COC(=O)CSC(=O)OC. The molecule has 58 valence electrons. The number of ether oxygens (including phenoxy) is 2. The molecule has 0 unspecified atom stereocenters. The first-order chi connectivity index (χ1) is 4.70. The van der Waals surface area contributed by atoms with Gasteiger partial charge < -0.3 is 9.47 Å². The van der Waals surface area contributed by atoms with E-state index in [1.54, 1.807) is 0 Å². The van der Waals surface area contributed by atoms with E-state index in [0.717, 1.165) is 11.8 Å². The van der Waals surface area contributed by atoms with Crippen LogP contribution in [0.1, 0.15) is 0 Å². The highest BCUT2D eigenvalue weighted by atomic mass is 32.2. The number of hydrogen-bond donors (Lipinski definition) is 0. The number of carbonyl (C=O) groups excluding carboxylic acids is 2. The summed E-state index contributed by atoms with van der Waals surface area (Å²) in [6, 6.07) is 0. The molecular weight excluding hydrogens is 156 g/mol. The van der Waals surface area contributed by atoms with E-state index in [-0.39, 0.29) is 5.75 Å². The average molecular weight is 164 g/mol. The van der Waals surface area contributed by atoms with Crippen LogP contribution < -0.4 is 0 Å². The second-order valence-electron chi connectivity index (χ2n) is 1.32. The summed E-state index contributed by atoms with van der Waals surface area (Å²) in [5.41, 5.74) is 0. The number of methoxy groups -OCH3 is 2. The number of thioether (sulfide) groups is 1. The Bertz CT molecular complexity index is 118. The van der Waals surface area contributed by atoms with Crippen molar-refractivity contribution >= 4 is 23.0 Å². The van der Waals surface area contributed by atoms with Gasteiger partial charge in [0.05, 0.1) is 14.2 Å². The van der Waals surface area contributed by atoms with Gasteiger partial charge in [-0.05, 0) is 11.8 Å². The third-order valence-corrected chi connectivity index (χ3v) is 1.48. The molecule has 0 aromatic rings. The monoisotopic (exact) mass is 164 g/mol.